The minimum Gasteiger partial charge on any atom is -0.497 e. The van der Waals surface area contributed by atoms with E-state index in [9.17, 15) is 4.79 Å². The summed E-state index contributed by atoms with van der Waals surface area (Å²) in [6, 6.07) is 11.2. The predicted molar refractivity (Wildman–Crippen MR) is 107 cm³/mol. The molecular weight excluding hydrogens is 342 g/mol. The quantitative estimate of drug-likeness (QED) is 0.561. The number of methoxy groups -OCH3 is 1. The molecule has 3 aromatic rings. The van der Waals surface area contributed by atoms with E-state index in [0.717, 1.165) is 46.5 Å². The van der Waals surface area contributed by atoms with Gasteiger partial charge in [-0.2, -0.15) is 0 Å². The van der Waals surface area contributed by atoms with E-state index in [2.05, 4.69) is 12.2 Å². The number of unbranched alkanes of at least 4 members (excludes halogenated alkanes) is 1. The average molecular weight is 367 g/mol. The Hall–Kier alpha value is -2.95. The number of fused-ring (bicyclic) bond motifs is 1. The maximum atomic E-state index is 12.7. The highest BCUT2D eigenvalue weighted by Crippen LogP contribution is 2.30. The molecule has 0 atom stereocenters. The molecule has 0 unspecified atom stereocenters. The molecule has 0 fully saturated rings. The Kier molecular flexibility index (Phi) is 5.69. The van der Waals surface area contributed by atoms with Crippen molar-refractivity contribution in [2.45, 2.75) is 33.6 Å². The Balaban J connectivity index is 1.79. The number of ether oxygens (including phenoxy) is 2. The van der Waals surface area contributed by atoms with Gasteiger partial charge in [0.05, 0.1) is 13.7 Å². The number of amides is 1. The average Bonchev–Trinajstić information content (AvgIpc) is 3.00. The molecule has 1 aromatic heterocycles. The second kappa shape index (κ2) is 8.16. The maximum Gasteiger partial charge on any atom is 0.291 e. The third-order valence-electron chi connectivity index (χ3n) is 4.56. The van der Waals surface area contributed by atoms with Crippen LogP contribution in [0.15, 0.2) is 40.8 Å². The zero-order valence-corrected chi connectivity index (χ0v) is 16.2. The first-order chi connectivity index (χ1) is 13.0. The number of hydrogen-bond acceptors (Lipinski definition) is 4. The van der Waals surface area contributed by atoms with Gasteiger partial charge in [-0.25, -0.2) is 0 Å². The van der Waals surface area contributed by atoms with Gasteiger partial charge in [0.15, 0.2) is 5.76 Å². The van der Waals surface area contributed by atoms with Crippen molar-refractivity contribution in [2.24, 2.45) is 0 Å². The molecule has 5 nitrogen and oxygen atoms in total. The summed E-state index contributed by atoms with van der Waals surface area (Å²) in [6.07, 6.45) is 2.11. The van der Waals surface area contributed by atoms with E-state index in [0.29, 0.717) is 18.0 Å². The van der Waals surface area contributed by atoms with Crippen LogP contribution < -0.4 is 14.8 Å². The zero-order chi connectivity index (χ0) is 19.4. The van der Waals surface area contributed by atoms with Gasteiger partial charge in [-0.1, -0.05) is 13.3 Å². The third-order valence-corrected chi connectivity index (χ3v) is 4.56. The number of nitrogens with one attached hydrogen (secondary N) is 1. The lowest BCUT2D eigenvalue weighted by Crippen LogP contribution is -2.13. The number of hydrogen-bond donors (Lipinski definition) is 1. The van der Waals surface area contributed by atoms with E-state index in [1.165, 1.54) is 0 Å². The van der Waals surface area contributed by atoms with Crippen LogP contribution in [-0.4, -0.2) is 19.6 Å². The van der Waals surface area contributed by atoms with Gasteiger partial charge in [-0.3, -0.25) is 4.79 Å². The zero-order valence-electron chi connectivity index (χ0n) is 16.2. The van der Waals surface area contributed by atoms with E-state index in [1.807, 2.05) is 50.2 Å². The normalized spacial score (nSPS) is 10.8. The molecule has 1 N–H and O–H groups in total. The van der Waals surface area contributed by atoms with Crippen molar-refractivity contribution in [1.29, 1.82) is 0 Å². The van der Waals surface area contributed by atoms with Gasteiger partial charge < -0.3 is 19.2 Å². The van der Waals surface area contributed by atoms with E-state index in [4.69, 9.17) is 13.9 Å². The van der Waals surface area contributed by atoms with Crippen LogP contribution in [0.2, 0.25) is 0 Å². The summed E-state index contributed by atoms with van der Waals surface area (Å²) in [5.41, 5.74) is 3.13. The molecule has 0 saturated carbocycles. The maximum absolute atomic E-state index is 12.7. The number of rotatable bonds is 7. The van der Waals surface area contributed by atoms with Crippen molar-refractivity contribution < 1.29 is 18.7 Å². The summed E-state index contributed by atoms with van der Waals surface area (Å²) >= 11 is 0. The van der Waals surface area contributed by atoms with Crippen molar-refractivity contribution in [3.8, 4) is 11.5 Å². The highest BCUT2D eigenvalue weighted by atomic mass is 16.5. The van der Waals surface area contributed by atoms with E-state index < -0.39 is 0 Å². The van der Waals surface area contributed by atoms with Gasteiger partial charge in [-0.05, 0) is 62.2 Å². The molecule has 0 aliphatic carbocycles. The summed E-state index contributed by atoms with van der Waals surface area (Å²) in [5, 5.41) is 3.80. The van der Waals surface area contributed by atoms with Crippen LogP contribution in [0.25, 0.3) is 11.0 Å². The van der Waals surface area contributed by atoms with Crippen molar-refractivity contribution in [3.63, 3.8) is 0 Å². The summed E-state index contributed by atoms with van der Waals surface area (Å²) in [5.74, 6) is 1.57. The summed E-state index contributed by atoms with van der Waals surface area (Å²) in [7, 11) is 1.61. The first kappa shape index (κ1) is 18.8. The van der Waals surface area contributed by atoms with Crippen LogP contribution in [0.1, 0.15) is 41.4 Å². The van der Waals surface area contributed by atoms with Gasteiger partial charge in [0.25, 0.3) is 5.91 Å². The molecule has 2 aromatic carbocycles. The van der Waals surface area contributed by atoms with Crippen LogP contribution in [0.5, 0.6) is 11.5 Å². The van der Waals surface area contributed by atoms with Crippen molar-refractivity contribution in [3.05, 3.63) is 53.3 Å². The lowest BCUT2D eigenvalue weighted by atomic mass is 10.1. The highest BCUT2D eigenvalue weighted by Gasteiger charge is 2.19. The summed E-state index contributed by atoms with van der Waals surface area (Å²) in [4.78, 5) is 12.7. The second-order valence-electron chi connectivity index (χ2n) is 6.55. The fraction of sp³-hybridized carbons (Fsp3) is 0.318. The molecule has 1 heterocycles. The van der Waals surface area contributed by atoms with Gasteiger partial charge in [-0.15, -0.1) is 0 Å². The summed E-state index contributed by atoms with van der Waals surface area (Å²) in [6.45, 7) is 6.64. The molecule has 0 spiro atoms. The predicted octanol–water partition coefficient (Wildman–Crippen LogP) is 5.49. The lowest BCUT2D eigenvalue weighted by Gasteiger charge is -2.11. The molecule has 0 aliphatic rings. The largest absolute Gasteiger partial charge is 0.497 e. The molecule has 0 bridgehead atoms. The number of anilines is 1. The van der Waals surface area contributed by atoms with Crippen LogP contribution in [0, 0.1) is 13.8 Å². The number of aryl methyl sites for hydroxylation is 2. The Labute approximate surface area is 159 Å². The van der Waals surface area contributed by atoms with E-state index in [-0.39, 0.29) is 5.91 Å². The standard InChI is InChI=1S/C22H25NO4/c1-5-6-11-26-17-7-9-19(14(2)12-17)23-22(24)21-15(3)18-13-16(25-4)8-10-20(18)27-21/h7-10,12-13H,5-6,11H2,1-4H3,(H,23,24). The van der Waals surface area contributed by atoms with Gasteiger partial charge >= 0.3 is 0 Å². The van der Waals surface area contributed by atoms with Crippen LogP contribution in [-0.2, 0) is 0 Å². The molecule has 5 heteroatoms. The molecular formula is C22H25NO4. The Morgan fingerprint density at radius 3 is 2.59 bits per heavy atom. The highest BCUT2D eigenvalue weighted by molar-refractivity contribution is 6.06. The van der Waals surface area contributed by atoms with Crippen molar-refractivity contribution >= 4 is 22.6 Å². The third kappa shape index (κ3) is 4.08. The lowest BCUT2D eigenvalue weighted by molar-refractivity contribution is 0.0998. The van der Waals surface area contributed by atoms with Crippen molar-refractivity contribution in [1.82, 2.24) is 0 Å². The first-order valence-electron chi connectivity index (χ1n) is 9.15. The molecule has 142 valence electrons. The van der Waals surface area contributed by atoms with Gasteiger partial charge in [0.1, 0.15) is 17.1 Å². The molecule has 0 radical (unpaired) electrons. The first-order valence-corrected chi connectivity index (χ1v) is 9.15. The Morgan fingerprint density at radius 1 is 1.11 bits per heavy atom. The van der Waals surface area contributed by atoms with Crippen LogP contribution in [0.3, 0.4) is 0 Å². The number of furan rings is 1. The van der Waals surface area contributed by atoms with Gasteiger partial charge in [0.2, 0.25) is 0 Å². The van der Waals surface area contributed by atoms with E-state index in [1.54, 1.807) is 7.11 Å². The summed E-state index contributed by atoms with van der Waals surface area (Å²) < 4.78 is 16.7. The van der Waals surface area contributed by atoms with Crippen LogP contribution >= 0.6 is 0 Å². The van der Waals surface area contributed by atoms with Crippen LogP contribution in [0.4, 0.5) is 5.69 Å². The Bertz CT molecular complexity index is 958. The minimum atomic E-state index is -0.273. The number of benzene rings is 2. The topological polar surface area (TPSA) is 60.7 Å². The fourth-order valence-corrected chi connectivity index (χ4v) is 2.92. The molecule has 1 amide bonds. The minimum absolute atomic E-state index is 0.273. The molecule has 0 saturated heterocycles. The molecule has 0 aliphatic heterocycles. The molecule has 3 rings (SSSR count). The van der Waals surface area contributed by atoms with Gasteiger partial charge in [0, 0.05) is 16.6 Å². The monoisotopic (exact) mass is 367 g/mol. The fourth-order valence-electron chi connectivity index (χ4n) is 2.92. The second-order valence-corrected chi connectivity index (χ2v) is 6.55. The number of carbonyl (C=O) groups excluding carboxylic acids is 1. The number of carbonyl (C=O) groups is 1. The SMILES string of the molecule is CCCCOc1ccc(NC(=O)c2oc3ccc(OC)cc3c2C)c(C)c1. The Morgan fingerprint density at radius 2 is 1.89 bits per heavy atom. The molecule has 27 heavy (non-hydrogen) atoms. The van der Waals surface area contributed by atoms with E-state index >= 15 is 0 Å². The van der Waals surface area contributed by atoms with Crippen molar-refractivity contribution in [2.75, 3.05) is 19.0 Å². The smallest absolute Gasteiger partial charge is 0.291 e.